The molecule has 0 N–H and O–H groups in total. The highest BCUT2D eigenvalue weighted by molar-refractivity contribution is 9.10. The van der Waals surface area contributed by atoms with Crippen LogP contribution in [0.15, 0.2) is 46.9 Å². The van der Waals surface area contributed by atoms with Gasteiger partial charge in [-0.3, -0.25) is 0 Å². The van der Waals surface area contributed by atoms with E-state index in [-0.39, 0.29) is 4.47 Å². The van der Waals surface area contributed by atoms with Gasteiger partial charge < -0.3 is 0 Å². The van der Waals surface area contributed by atoms with Crippen LogP contribution in [0, 0.1) is 5.82 Å². The Balaban J connectivity index is 2.62. The van der Waals surface area contributed by atoms with E-state index in [1.54, 1.807) is 30.3 Å². The smallest absolute Gasteiger partial charge is 0.205 e. The Hall–Kier alpha value is -1.36. The average molecular weight is 319 g/mol. The van der Waals surface area contributed by atoms with Gasteiger partial charge in [0.05, 0.1) is 10.0 Å². The van der Waals surface area contributed by atoms with Crippen LogP contribution in [-0.4, -0.2) is 0 Å². The number of hydrogen-bond donors (Lipinski definition) is 0. The van der Waals surface area contributed by atoms with E-state index in [0.29, 0.717) is 11.1 Å². The third-order valence-corrected chi connectivity index (χ3v) is 3.02. The van der Waals surface area contributed by atoms with Crippen molar-refractivity contribution in [2.45, 2.75) is 6.18 Å². The molecule has 0 aliphatic carbocycles. The molecule has 0 unspecified atom stereocenters. The van der Waals surface area contributed by atoms with Gasteiger partial charge in [0.2, 0.25) is 0 Å². The maximum atomic E-state index is 13.4. The summed E-state index contributed by atoms with van der Waals surface area (Å²) in [4.78, 5) is 0. The van der Waals surface area contributed by atoms with Crippen molar-refractivity contribution in [3.05, 3.63) is 58.3 Å². The van der Waals surface area contributed by atoms with Crippen LogP contribution in [0.3, 0.4) is 0 Å². The molecule has 0 aliphatic heterocycles. The van der Waals surface area contributed by atoms with Crippen LogP contribution in [0.25, 0.3) is 11.1 Å². The number of benzene rings is 2. The summed E-state index contributed by atoms with van der Waals surface area (Å²) in [5, 5.41) is 0. The number of alkyl halides is 3. The predicted molar refractivity (Wildman–Crippen MR) is 64.5 cm³/mol. The molecule has 0 fully saturated rings. The van der Waals surface area contributed by atoms with Crippen LogP contribution >= 0.6 is 15.9 Å². The molecule has 0 bridgehead atoms. The molecule has 0 saturated heterocycles. The SMILES string of the molecule is Fc1c(Br)cc(-c2ccccc2)cc1C(F)(F)F. The molecule has 2 aromatic rings. The molecule has 5 heteroatoms. The van der Waals surface area contributed by atoms with Gasteiger partial charge in [0, 0.05) is 0 Å². The zero-order valence-corrected chi connectivity index (χ0v) is 10.5. The lowest BCUT2D eigenvalue weighted by atomic mass is 10.0. The van der Waals surface area contributed by atoms with Crippen LogP contribution in [-0.2, 0) is 6.18 Å². The molecule has 0 aliphatic rings. The Labute approximate surface area is 109 Å². The normalized spacial score (nSPS) is 11.6. The molecular formula is C13H7BrF4. The average Bonchev–Trinajstić information content (AvgIpc) is 2.32. The third-order valence-electron chi connectivity index (χ3n) is 2.44. The Bertz CT molecular complexity index is 561. The lowest BCUT2D eigenvalue weighted by Gasteiger charge is -2.12. The van der Waals surface area contributed by atoms with Gasteiger partial charge in [0.1, 0.15) is 5.82 Å². The van der Waals surface area contributed by atoms with Crippen LogP contribution in [0.5, 0.6) is 0 Å². The van der Waals surface area contributed by atoms with Crippen LogP contribution < -0.4 is 0 Å². The first-order chi connectivity index (χ1) is 8.39. The second-order valence-electron chi connectivity index (χ2n) is 3.68. The minimum absolute atomic E-state index is 0.198. The molecule has 18 heavy (non-hydrogen) atoms. The van der Waals surface area contributed by atoms with Crippen molar-refractivity contribution in [1.29, 1.82) is 0 Å². The largest absolute Gasteiger partial charge is 0.419 e. The number of rotatable bonds is 1. The minimum atomic E-state index is -4.71. The Morgan fingerprint density at radius 2 is 1.50 bits per heavy atom. The van der Waals surface area contributed by atoms with Crippen molar-refractivity contribution in [3.8, 4) is 11.1 Å². The van der Waals surface area contributed by atoms with E-state index >= 15 is 0 Å². The van der Waals surface area contributed by atoms with Gasteiger partial charge in [-0.15, -0.1) is 0 Å². The summed E-state index contributed by atoms with van der Waals surface area (Å²) in [6.45, 7) is 0. The van der Waals surface area contributed by atoms with E-state index in [9.17, 15) is 17.6 Å². The first-order valence-corrected chi connectivity index (χ1v) is 5.80. The first-order valence-electron chi connectivity index (χ1n) is 5.01. The second kappa shape index (κ2) is 4.72. The number of hydrogen-bond acceptors (Lipinski definition) is 0. The van der Waals surface area contributed by atoms with Crippen molar-refractivity contribution in [1.82, 2.24) is 0 Å². The quantitative estimate of drug-likeness (QED) is 0.628. The molecule has 94 valence electrons. The fourth-order valence-electron chi connectivity index (χ4n) is 1.59. The summed E-state index contributed by atoms with van der Waals surface area (Å²) in [6.07, 6.45) is -4.71. The fraction of sp³-hybridized carbons (Fsp3) is 0.0769. The highest BCUT2D eigenvalue weighted by Crippen LogP contribution is 2.37. The molecule has 0 spiro atoms. The molecule has 0 amide bonds. The summed E-state index contributed by atoms with van der Waals surface area (Å²) < 4.78 is 51.2. The molecule has 0 heterocycles. The van der Waals surface area contributed by atoms with Crippen molar-refractivity contribution in [2.24, 2.45) is 0 Å². The summed E-state index contributed by atoms with van der Waals surface area (Å²) in [6, 6.07) is 10.7. The molecule has 0 nitrogen and oxygen atoms in total. The van der Waals surface area contributed by atoms with E-state index in [1.807, 2.05) is 0 Å². The molecule has 0 saturated carbocycles. The molecule has 0 radical (unpaired) electrons. The topological polar surface area (TPSA) is 0 Å². The van der Waals surface area contributed by atoms with Gasteiger partial charge in [0.15, 0.2) is 0 Å². The molecular weight excluding hydrogens is 312 g/mol. The Morgan fingerprint density at radius 3 is 2.06 bits per heavy atom. The van der Waals surface area contributed by atoms with E-state index in [1.165, 1.54) is 6.07 Å². The van der Waals surface area contributed by atoms with Crippen LogP contribution in [0.4, 0.5) is 17.6 Å². The zero-order valence-electron chi connectivity index (χ0n) is 8.93. The highest BCUT2D eigenvalue weighted by Gasteiger charge is 2.35. The van der Waals surface area contributed by atoms with Gasteiger partial charge in [-0.1, -0.05) is 30.3 Å². The van der Waals surface area contributed by atoms with Crippen molar-refractivity contribution in [3.63, 3.8) is 0 Å². The third kappa shape index (κ3) is 2.56. The maximum absolute atomic E-state index is 13.4. The van der Waals surface area contributed by atoms with E-state index < -0.39 is 17.6 Å². The monoisotopic (exact) mass is 318 g/mol. The molecule has 2 rings (SSSR count). The van der Waals surface area contributed by atoms with E-state index in [2.05, 4.69) is 15.9 Å². The highest BCUT2D eigenvalue weighted by atomic mass is 79.9. The van der Waals surface area contributed by atoms with Gasteiger partial charge in [-0.2, -0.15) is 13.2 Å². The van der Waals surface area contributed by atoms with Gasteiger partial charge in [0.25, 0.3) is 0 Å². The summed E-state index contributed by atoms with van der Waals surface area (Å²) in [5.74, 6) is -1.29. The van der Waals surface area contributed by atoms with E-state index in [0.717, 1.165) is 6.07 Å². The van der Waals surface area contributed by atoms with Crippen molar-refractivity contribution >= 4 is 15.9 Å². The molecule has 2 aromatic carbocycles. The van der Waals surface area contributed by atoms with Crippen molar-refractivity contribution < 1.29 is 17.6 Å². The predicted octanol–water partition coefficient (Wildman–Crippen LogP) is 5.27. The van der Waals surface area contributed by atoms with Crippen LogP contribution in [0.2, 0.25) is 0 Å². The maximum Gasteiger partial charge on any atom is 0.419 e. The number of halogens is 5. The Morgan fingerprint density at radius 1 is 0.889 bits per heavy atom. The standard InChI is InChI=1S/C13H7BrF4/c14-11-7-9(8-4-2-1-3-5-8)6-10(12(11)15)13(16,17)18/h1-7H. The summed E-state index contributed by atoms with van der Waals surface area (Å²) in [7, 11) is 0. The summed E-state index contributed by atoms with van der Waals surface area (Å²) in [5.41, 5.74) is -0.351. The zero-order chi connectivity index (χ0) is 13.3. The first kappa shape index (κ1) is 13.1. The van der Waals surface area contributed by atoms with Crippen LogP contribution in [0.1, 0.15) is 5.56 Å². The van der Waals surface area contributed by atoms with Gasteiger partial charge in [-0.25, -0.2) is 4.39 Å². The van der Waals surface area contributed by atoms with E-state index in [4.69, 9.17) is 0 Å². The lowest BCUT2D eigenvalue weighted by molar-refractivity contribution is -0.140. The van der Waals surface area contributed by atoms with Gasteiger partial charge >= 0.3 is 6.18 Å². The Kier molecular flexibility index (Phi) is 3.43. The fourth-order valence-corrected chi connectivity index (χ4v) is 2.05. The molecule has 0 atom stereocenters. The molecule has 0 aromatic heterocycles. The lowest BCUT2D eigenvalue weighted by Crippen LogP contribution is -2.08. The minimum Gasteiger partial charge on any atom is -0.205 e. The van der Waals surface area contributed by atoms with Crippen molar-refractivity contribution in [2.75, 3.05) is 0 Å². The summed E-state index contributed by atoms with van der Waals surface area (Å²) >= 11 is 2.81. The van der Waals surface area contributed by atoms with Gasteiger partial charge in [-0.05, 0) is 39.2 Å². The second-order valence-corrected chi connectivity index (χ2v) is 4.54.